The number of methoxy groups -OCH3 is 1. The molecule has 0 spiro atoms. The van der Waals surface area contributed by atoms with Crippen molar-refractivity contribution >= 4 is 12.2 Å². The Morgan fingerprint density at radius 2 is 1.89 bits per heavy atom. The number of ether oxygens (including phenoxy) is 1. The van der Waals surface area contributed by atoms with Crippen molar-refractivity contribution in [3.63, 3.8) is 0 Å². The van der Waals surface area contributed by atoms with Crippen LogP contribution in [0.25, 0.3) is 11.4 Å². The van der Waals surface area contributed by atoms with Crippen LogP contribution < -0.4 is 9.64 Å². The highest BCUT2D eigenvalue weighted by Gasteiger charge is 2.17. The van der Waals surface area contributed by atoms with Crippen molar-refractivity contribution in [1.82, 2.24) is 14.3 Å². The third-order valence-corrected chi connectivity index (χ3v) is 5.19. The van der Waals surface area contributed by atoms with Gasteiger partial charge in [0, 0.05) is 12.1 Å². The Balaban J connectivity index is 1.93. The first-order valence-electron chi connectivity index (χ1n) is 9.33. The molecule has 0 radical (unpaired) electrons. The van der Waals surface area contributed by atoms with Crippen LogP contribution in [0.4, 0.5) is 0 Å². The summed E-state index contributed by atoms with van der Waals surface area (Å²) in [5.74, 6) is 1.58. The fourth-order valence-corrected chi connectivity index (χ4v) is 3.58. The number of nitrogens with one attached hydrogen (secondary N) is 1. The number of rotatable bonds is 8. The predicted molar refractivity (Wildman–Crippen MR) is 115 cm³/mol. The molecule has 1 heterocycles. The Hall–Kier alpha value is -2.70. The van der Waals surface area contributed by atoms with E-state index in [9.17, 15) is 0 Å². The molecule has 2 aromatic carbocycles. The lowest BCUT2D eigenvalue weighted by Crippen LogP contribution is -3.07. The molecule has 5 nitrogen and oxygen atoms in total. The molecule has 28 heavy (non-hydrogen) atoms. The fraction of sp³-hybridized carbons (Fsp3) is 0.273. The minimum atomic E-state index is 0.600. The van der Waals surface area contributed by atoms with E-state index in [1.54, 1.807) is 7.11 Å². The average molecular weight is 396 g/mol. The molecule has 0 bridgehead atoms. The topological polar surface area (TPSA) is 36.4 Å². The number of aromatic nitrogens is 3. The molecule has 3 aromatic rings. The van der Waals surface area contributed by atoms with Gasteiger partial charge in [0.05, 0.1) is 19.7 Å². The highest BCUT2D eigenvalue weighted by atomic mass is 32.1. The number of nitrogens with zero attached hydrogens (tertiary/aromatic N) is 3. The van der Waals surface area contributed by atoms with E-state index in [4.69, 9.17) is 22.1 Å². The molecule has 3 rings (SSSR count). The van der Waals surface area contributed by atoms with Gasteiger partial charge in [-0.1, -0.05) is 42.5 Å². The summed E-state index contributed by atoms with van der Waals surface area (Å²) in [5, 5.41) is 4.84. The highest BCUT2D eigenvalue weighted by Crippen LogP contribution is 2.28. The number of hydrogen-bond donors (Lipinski definition) is 1. The van der Waals surface area contributed by atoms with Gasteiger partial charge in [-0.25, -0.2) is 0 Å². The second kappa shape index (κ2) is 8.99. The van der Waals surface area contributed by atoms with Crippen LogP contribution in [-0.4, -0.2) is 28.5 Å². The molecule has 146 valence electrons. The summed E-state index contributed by atoms with van der Waals surface area (Å²) in [6.45, 7) is 8.21. The number of para-hydroxylation sites is 1. The van der Waals surface area contributed by atoms with Crippen LogP contribution in [0.15, 0.2) is 61.2 Å². The molecule has 0 amide bonds. The number of aryl methyl sites for hydroxylation is 1. The first-order chi connectivity index (χ1) is 13.5. The molecule has 1 aromatic heterocycles. The molecule has 0 saturated carbocycles. The van der Waals surface area contributed by atoms with E-state index >= 15 is 0 Å². The van der Waals surface area contributed by atoms with E-state index in [0.29, 0.717) is 18.0 Å². The van der Waals surface area contributed by atoms with E-state index in [-0.39, 0.29) is 0 Å². The van der Waals surface area contributed by atoms with Crippen LogP contribution in [0, 0.1) is 11.7 Å². The maximum atomic E-state index is 5.73. The van der Waals surface area contributed by atoms with E-state index in [1.165, 1.54) is 16.0 Å². The minimum absolute atomic E-state index is 0.600. The minimum Gasteiger partial charge on any atom is -0.496 e. The van der Waals surface area contributed by atoms with E-state index in [0.717, 1.165) is 23.7 Å². The Morgan fingerprint density at radius 3 is 2.61 bits per heavy atom. The molecule has 1 unspecified atom stereocenters. The zero-order valence-electron chi connectivity index (χ0n) is 16.7. The normalized spacial score (nSPS) is 12.0. The summed E-state index contributed by atoms with van der Waals surface area (Å²) in [7, 11) is 3.83. The van der Waals surface area contributed by atoms with Gasteiger partial charge in [-0.2, -0.15) is 4.68 Å². The van der Waals surface area contributed by atoms with Crippen molar-refractivity contribution in [2.75, 3.05) is 14.2 Å². The maximum Gasteiger partial charge on any atom is 0.203 e. The van der Waals surface area contributed by atoms with Gasteiger partial charge in [-0.15, -0.1) is 11.7 Å². The second-order valence-corrected chi connectivity index (χ2v) is 7.29. The summed E-state index contributed by atoms with van der Waals surface area (Å²) in [6, 6.07) is 16.3. The molecule has 6 heteroatoms. The molecule has 0 aliphatic carbocycles. The first kappa shape index (κ1) is 20.0. The van der Waals surface area contributed by atoms with Crippen molar-refractivity contribution in [2.24, 2.45) is 0 Å². The Labute approximate surface area is 171 Å². The van der Waals surface area contributed by atoms with Crippen molar-refractivity contribution in [2.45, 2.75) is 26.7 Å². The number of allylic oxidation sites excluding steroid dienone is 1. The number of quaternary nitrogens is 1. The molecule has 0 saturated heterocycles. The summed E-state index contributed by atoms with van der Waals surface area (Å²) in [5.41, 5.74) is 3.56. The molecule has 0 fully saturated rings. The lowest BCUT2D eigenvalue weighted by molar-refractivity contribution is -0.917. The fourth-order valence-electron chi connectivity index (χ4n) is 3.31. The molecular formula is C22H27N4OS+. The van der Waals surface area contributed by atoms with Crippen molar-refractivity contribution in [3.05, 3.63) is 77.1 Å². The van der Waals surface area contributed by atoms with Gasteiger partial charge in [0.25, 0.3) is 0 Å². The monoisotopic (exact) mass is 395 g/mol. The third kappa shape index (κ3) is 4.24. The van der Waals surface area contributed by atoms with Gasteiger partial charge < -0.3 is 9.64 Å². The van der Waals surface area contributed by atoms with E-state index in [1.807, 2.05) is 39.6 Å². The summed E-state index contributed by atoms with van der Waals surface area (Å²) in [6.07, 6.45) is 1.84. The standard InChI is InChI=1S/C22H26N4OS/c1-5-14-25-21(19-12-8-9-13-20(19)27-4)23-26(22(25)28)16-24(3)15-18-11-7-6-10-17(18)2/h5-13H,1,14-16H2,2-4H3/p+1. The van der Waals surface area contributed by atoms with Gasteiger partial charge >= 0.3 is 0 Å². The number of benzene rings is 2. The Morgan fingerprint density at radius 1 is 1.18 bits per heavy atom. The highest BCUT2D eigenvalue weighted by molar-refractivity contribution is 7.71. The average Bonchev–Trinajstić information content (AvgIpc) is 2.99. The van der Waals surface area contributed by atoms with Gasteiger partial charge in [-0.3, -0.25) is 4.57 Å². The SMILES string of the molecule is C=CCn1c(-c2ccccc2OC)nn(C[NH+](C)Cc2ccccc2C)c1=S. The Bertz CT molecular complexity index is 1020. The first-order valence-corrected chi connectivity index (χ1v) is 9.73. The predicted octanol–water partition coefficient (Wildman–Crippen LogP) is 3.26. The maximum absolute atomic E-state index is 5.73. The quantitative estimate of drug-likeness (QED) is 0.470. The van der Waals surface area contributed by atoms with E-state index < -0.39 is 0 Å². The zero-order chi connectivity index (χ0) is 20.1. The lowest BCUT2D eigenvalue weighted by Gasteiger charge is -2.15. The van der Waals surface area contributed by atoms with Crippen LogP contribution in [0.5, 0.6) is 5.75 Å². The third-order valence-electron chi connectivity index (χ3n) is 4.76. The number of hydrogen-bond acceptors (Lipinski definition) is 3. The zero-order valence-corrected chi connectivity index (χ0v) is 17.5. The molecular weight excluding hydrogens is 368 g/mol. The summed E-state index contributed by atoms with van der Waals surface area (Å²) < 4.78 is 10.1. The van der Waals surface area contributed by atoms with Crippen LogP contribution in [-0.2, 0) is 19.8 Å². The van der Waals surface area contributed by atoms with Crippen LogP contribution in [0.1, 0.15) is 11.1 Å². The lowest BCUT2D eigenvalue weighted by atomic mass is 10.1. The van der Waals surface area contributed by atoms with Crippen LogP contribution in [0.3, 0.4) is 0 Å². The van der Waals surface area contributed by atoms with Crippen LogP contribution in [0.2, 0.25) is 0 Å². The molecule has 1 N–H and O–H groups in total. The van der Waals surface area contributed by atoms with Gasteiger partial charge in [0.1, 0.15) is 12.3 Å². The van der Waals surface area contributed by atoms with Crippen LogP contribution >= 0.6 is 12.2 Å². The molecule has 0 aliphatic heterocycles. The summed E-state index contributed by atoms with van der Waals surface area (Å²) >= 11 is 5.73. The molecule has 0 aliphatic rings. The van der Waals surface area contributed by atoms with Crippen molar-refractivity contribution in [3.8, 4) is 17.1 Å². The largest absolute Gasteiger partial charge is 0.496 e. The smallest absolute Gasteiger partial charge is 0.203 e. The van der Waals surface area contributed by atoms with Gasteiger partial charge in [-0.05, 0) is 36.8 Å². The van der Waals surface area contributed by atoms with Crippen molar-refractivity contribution < 1.29 is 9.64 Å². The Kier molecular flexibility index (Phi) is 6.44. The van der Waals surface area contributed by atoms with Crippen molar-refractivity contribution in [1.29, 1.82) is 0 Å². The summed E-state index contributed by atoms with van der Waals surface area (Å²) in [4.78, 5) is 1.31. The van der Waals surface area contributed by atoms with Gasteiger partial charge in [0.2, 0.25) is 4.77 Å². The second-order valence-electron chi connectivity index (χ2n) is 6.92. The molecule has 1 atom stereocenters. The van der Waals surface area contributed by atoms with E-state index in [2.05, 4.69) is 44.8 Å². The van der Waals surface area contributed by atoms with Gasteiger partial charge in [0.15, 0.2) is 12.5 Å².